The van der Waals surface area contributed by atoms with Gasteiger partial charge in [0.15, 0.2) is 0 Å². The van der Waals surface area contributed by atoms with E-state index in [-0.39, 0.29) is 5.91 Å². The lowest BCUT2D eigenvalue weighted by Crippen LogP contribution is -2.46. The molecule has 13 heavy (non-hydrogen) atoms. The van der Waals surface area contributed by atoms with Crippen LogP contribution < -0.4 is 10.6 Å². The summed E-state index contributed by atoms with van der Waals surface area (Å²) in [6.07, 6.45) is 0. The smallest absolute Gasteiger partial charge is 0.229 e. The molecule has 1 aliphatic heterocycles. The van der Waals surface area contributed by atoms with E-state index in [1.807, 2.05) is 0 Å². The molecule has 76 valence electrons. The average Bonchev–Trinajstić information content (AvgIpc) is 2.19. The summed E-state index contributed by atoms with van der Waals surface area (Å²) in [5, 5.41) is 6.17. The van der Waals surface area contributed by atoms with Gasteiger partial charge in [0.1, 0.15) is 0 Å². The quantitative estimate of drug-likeness (QED) is 0.540. The van der Waals surface area contributed by atoms with E-state index in [1.165, 1.54) is 0 Å². The first-order valence-electron chi connectivity index (χ1n) is 4.58. The van der Waals surface area contributed by atoms with E-state index in [4.69, 9.17) is 0 Å². The molecule has 0 aromatic carbocycles. The summed E-state index contributed by atoms with van der Waals surface area (Å²) in [5.74, 6) is 0.135. The molecular formula is C8H16IN3O. The molecule has 5 heteroatoms. The fourth-order valence-corrected chi connectivity index (χ4v) is 1.61. The van der Waals surface area contributed by atoms with Crippen molar-refractivity contribution in [2.45, 2.75) is 0 Å². The Morgan fingerprint density at radius 3 is 2.77 bits per heavy atom. The van der Waals surface area contributed by atoms with Gasteiger partial charge >= 0.3 is 0 Å². The zero-order valence-electron chi connectivity index (χ0n) is 7.68. The van der Waals surface area contributed by atoms with E-state index in [2.05, 4.69) is 38.1 Å². The Kier molecular flexibility index (Phi) is 5.65. The molecule has 1 aliphatic rings. The average molecular weight is 297 g/mol. The molecule has 1 heterocycles. The minimum absolute atomic E-state index is 0.135. The second-order valence-electron chi connectivity index (χ2n) is 3.08. The van der Waals surface area contributed by atoms with Gasteiger partial charge < -0.3 is 10.6 Å². The summed E-state index contributed by atoms with van der Waals surface area (Å²) in [5.41, 5.74) is 0. The number of rotatable bonds is 4. The van der Waals surface area contributed by atoms with Crippen LogP contribution in [0.3, 0.4) is 0 Å². The minimum Gasteiger partial charge on any atom is -0.354 e. The van der Waals surface area contributed by atoms with Crippen LogP contribution in [0.15, 0.2) is 0 Å². The van der Waals surface area contributed by atoms with Gasteiger partial charge in [-0.3, -0.25) is 9.69 Å². The molecule has 2 N–H and O–H groups in total. The van der Waals surface area contributed by atoms with Crippen LogP contribution in [-0.4, -0.2) is 54.5 Å². The zero-order chi connectivity index (χ0) is 9.52. The van der Waals surface area contributed by atoms with Crippen molar-refractivity contribution in [3.05, 3.63) is 0 Å². The lowest BCUT2D eigenvalue weighted by molar-refractivity contribution is -0.118. The van der Waals surface area contributed by atoms with Crippen LogP contribution in [0.25, 0.3) is 0 Å². The molecule has 0 aromatic rings. The SMILES string of the molecule is O=C(CI)NCCN1CCNCC1. The largest absolute Gasteiger partial charge is 0.354 e. The first-order chi connectivity index (χ1) is 6.33. The van der Waals surface area contributed by atoms with Crippen molar-refractivity contribution in [1.82, 2.24) is 15.5 Å². The highest BCUT2D eigenvalue weighted by Gasteiger charge is 2.08. The van der Waals surface area contributed by atoms with Crippen molar-refractivity contribution in [3.8, 4) is 0 Å². The third-order valence-electron chi connectivity index (χ3n) is 2.08. The first-order valence-corrected chi connectivity index (χ1v) is 6.11. The summed E-state index contributed by atoms with van der Waals surface area (Å²) < 4.78 is 0.555. The van der Waals surface area contributed by atoms with Gasteiger partial charge in [-0.05, 0) is 0 Å². The summed E-state index contributed by atoms with van der Waals surface area (Å²) >= 11 is 2.07. The highest BCUT2D eigenvalue weighted by molar-refractivity contribution is 14.1. The Morgan fingerprint density at radius 1 is 1.46 bits per heavy atom. The maximum atomic E-state index is 10.9. The van der Waals surface area contributed by atoms with Crippen LogP contribution in [0.4, 0.5) is 0 Å². The number of hydrogen-bond acceptors (Lipinski definition) is 3. The number of halogens is 1. The number of nitrogens with one attached hydrogen (secondary N) is 2. The number of piperazine rings is 1. The van der Waals surface area contributed by atoms with Crippen molar-refractivity contribution in [3.63, 3.8) is 0 Å². The second kappa shape index (κ2) is 6.56. The van der Waals surface area contributed by atoms with Crippen molar-refractivity contribution in [2.75, 3.05) is 43.7 Å². The summed E-state index contributed by atoms with van der Waals surface area (Å²) in [6, 6.07) is 0. The maximum Gasteiger partial charge on any atom is 0.229 e. The molecule has 0 saturated carbocycles. The summed E-state index contributed by atoms with van der Waals surface area (Å²) in [4.78, 5) is 13.3. The Morgan fingerprint density at radius 2 is 2.15 bits per heavy atom. The normalized spacial score (nSPS) is 18.5. The number of amides is 1. The molecule has 0 aromatic heterocycles. The van der Waals surface area contributed by atoms with Crippen molar-refractivity contribution in [2.24, 2.45) is 0 Å². The first kappa shape index (κ1) is 11.2. The number of alkyl halides is 1. The maximum absolute atomic E-state index is 10.9. The van der Waals surface area contributed by atoms with Crippen LogP contribution in [-0.2, 0) is 4.79 Å². The van der Waals surface area contributed by atoms with Gasteiger partial charge in [-0.25, -0.2) is 0 Å². The highest BCUT2D eigenvalue weighted by atomic mass is 127. The van der Waals surface area contributed by atoms with E-state index in [9.17, 15) is 4.79 Å². The van der Waals surface area contributed by atoms with E-state index in [0.717, 1.165) is 39.3 Å². The van der Waals surface area contributed by atoms with Crippen LogP contribution in [0, 0.1) is 0 Å². The van der Waals surface area contributed by atoms with Crippen LogP contribution >= 0.6 is 22.6 Å². The van der Waals surface area contributed by atoms with E-state index < -0.39 is 0 Å². The lowest BCUT2D eigenvalue weighted by Gasteiger charge is -2.26. The molecule has 0 bridgehead atoms. The Hall–Kier alpha value is 0.120. The number of carbonyl (C=O) groups excluding carboxylic acids is 1. The molecule has 4 nitrogen and oxygen atoms in total. The molecule has 0 atom stereocenters. The molecule has 1 rings (SSSR count). The molecule has 1 fully saturated rings. The van der Waals surface area contributed by atoms with Gasteiger partial charge in [-0.2, -0.15) is 0 Å². The zero-order valence-corrected chi connectivity index (χ0v) is 9.84. The van der Waals surface area contributed by atoms with Gasteiger partial charge in [0, 0.05) is 39.3 Å². The van der Waals surface area contributed by atoms with Gasteiger partial charge in [-0.1, -0.05) is 22.6 Å². The number of nitrogens with zero attached hydrogens (tertiary/aromatic N) is 1. The van der Waals surface area contributed by atoms with E-state index >= 15 is 0 Å². The Balaban J connectivity index is 2.01. The van der Waals surface area contributed by atoms with Gasteiger partial charge in [0.25, 0.3) is 0 Å². The predicted octanol–water partition coefficient (Wildman–Crippen LogP) is -0.557. The standard InChI is InChI=1S/C8H16IN3O/c9-7-8(13)11-3-6-12-4-1-10-2-5-12/h10H,1-7H2,(H,11,13). The minimum atomic E-state index is 0.135. The van der Waals surface area contributed by atoms with Crippen LogP contribution in [0.5, 0.6) is 0 Å². The van der Waals surface area contributed by atoms with Crippen LogP contribution in [0.2, 0.25) is 0 Å². The Labute approximate surface area is 92.6 Å². The van der Waals surface area contributed by atoms with Crippen molar-refractivity contribution in [1.29, 1.82) is 0 Å². The van der Waals surface area contributed by atoms with Crippen LogP contribution in [0.1, 0.15) is 0 Å². The van der Waals surface area contributed by atoms with E-state index in [1.54, 1.807) is 0 Å². The molecule has 0 radical (unpaired) electrons. The third kappa shape index (κ3) is 4.78. The lowest BCUT2D eigenvalue weighted by atomic mass is 10.3. The number of carbonyl (C=O) groups is 1. The predicted molar refractivity (Wildman–Crippen MR) is 61.2 cm³/mol. The molecule has 0 unspecified atom stereocenters. The topological polar surface area (TPSA) is 44.4 Å². The second-order valence-corrected chi connectivity index (χ2v) is 3.84. The number of hydrogen-bond donors (Lipinski definition) is 2. The fraction of sp³-hybridized carbons (Fsp3) is 0.875. The molecule has 1 amide bonds. The van der Waals surface area contributed by atoms with Crippen molar-refractivity contribution >= 4 is 28.5 Å². The molecule has 1 saturated heterocycles. The Bertz CT molecular complexity index is 159. The monoisotopic (exact) mass is 297 g/mol. The molecule has 0 aliphatic carbocycles. The van der Waals surface area contributed by atoms with Gasteiger partial charge in [0.2, 0.25) is 5.91 Å². The van der Waals surface area contributed by atoms with Gasteiger partial charge in [-0.15, -0.1) is 0 Å². The van der Waals surface area contributed by atoms with E-state index in [0.29, 0.717) is 4.43 Å². The van der Waals surface area contributed by atoms with Gasteiger partial charge in [0.05, 0.1) is 4.43 Å². The highest BCUT2D eigenvalue weighted by Crippen LogP contribution is 1.90. The summed E-state index contributed by atoms with van der Waals surface area (Å²) in [7, 11) is 0. The fourth-order valence-electron chi connectivity index (χ4n) is 1.34. The molecular weight excluding hydrogens is 281 g/mol. The summed E-state index contributed by atoms with van der Waals surface area (Å²) in [6.45, 7) is 6.09. The molecule has 0 spiro atoms. The van der Waals surface area contributed by atoms with Crippen molar-refractivity contribution < 1.29 is 4.79 Å². The third-order valence-corrected chi connectivity index (χ3v) is 2.77.